The SMILES string of the molecule is Cc1cc(C)cc(NCCc2noc(-c3ccccc3)n2)c1. The van der Waals surface area contributed by atoms with Crippen LogP contribution < -0.4 is 5.32 Å². The molecule has 1 heterocycles. The van der Waals surface area contributed by atoms with Crippen LogP contribution in [0.3, 0.4) is 0 Å². The molecule has 0 amide bonds. The van der Waals surface area contributed by atoms with E-state index in [0.717, 1.165) is 30.0 Å². The van der Waals surface area contributed by atoms with Crippen molar-refractivity contribution in [2.75, 3.05) is 11.9 Å². The van der Waals surface area contributed by atoms with Crippen molar-refractivity contribution in [1.82, 2.24) is 10.1 Å². The van der Waals surface area contributed by atoms with Crippen LogP contribution in [0.5, 0.6) is 0 Å². The lowest BCUT2D eigenvalue weighted by molar-refractivity contribution is 0.423. The Morgan fingerprint density at radius 1 is 1.00 bits per heavy atom. The maximum atomic E-state index is 5.30. The highest BCUT2D eigenvalue weighted by atomic mass is 16.5. The Balaban J connectivity index is 1.59. The lowest BCUT2D eigenvalue weighted by Gasteiger charge is -2.07. The van der Waals surface area contributed by atoms with Crippen LogP contribution in [0.4, 0.5) is 5.69 Å². The summed E-state index contributed by atoms with van der Waals surface area (Å²) in [6.07, 6.45) is 0.726. The number of aryl methyl sites for hydroxylation is 2. The van der Waals surface area contributed by atoms with E-state index in [1.54, 1.807) is 0 Å². The van der Waals surface area contributed by atoms with Crippen LogP contribution in [0, 0.1) is 13.8 Å². The van der Waals surface area contributed by atoms with Gasteiger partial charge in [-0.2, -0.15) is 4.98 Å². The number of anilines is 1. The number of hydrogen-bond donors (Lipinski definition) is 1. The molecule has 3 rings (SSSR count). The van der Waals surface area contributed by atoms with Crippen molar-refractivity contribution in [3.05, 3.63) is 65.5 Å². The third kappa shape index (κ3) is 3.52. The summed E-state index contributed by atoms with van der Waals surface area (Å²) in [5.41, 5.74) is 4.59. The number of nitrogens with zero attached hydrogens (tertiary/aromatic N) is 2. The maximum absolute atomic E-state index is 5.30. The van der Waals surface area contributed by atoms with E-state index in [1.807, 2.05) is 30.3 Å². The van der Waals surface area contributed by atoms with E-state index >= 15 is 0 Å². The van der Waals surface area contributed by atoms with Gasteiger partial charge in [-0.1, -0.05) is 29.4 Å². The molecule has 4 heteroatoms. The molecule has 0 aliphatic heterocycles. The Bertz CT molecular complexity index is 730. The summed E-state index contributed by atoms with van der Waals surface area (Å²) in [4.78, 5) is 4.43. The molecule has 0 aliphatic carbocycles. The van der Waals surface area contributed by atoms with Crippen molar-refractivity contribution >= 4 is 5.69 Å². The normalized spacial score (nSPS) is 10.6. The Hall–Kier alpha value is -2.62. The molecule has 22 heavy (non-hydrogen) atoms. The van der Waals surface area contributed by atoms with E-state index in [4.69, 9.17) is 4.52 Å². The van der Waals surface area contributed by atoms with Crippen molar-refractivity contribution in [2.45, 2.75) is 20.3 Å². The number of benzene rings is 2. The summed E-state index contributed by atoms with van der Waals surface area (Å²) in [6.45, 7) is 4.98. The van der Waals surface area contributed by atoms with E-state index < -0.39 is 0 Å². The van der Waals surface area contributed by atoms with Crippen molar-refractivity contribution < 1.29 is 4.52 Å². The third-order valence-corrected chi connectivity index (χ3v) is 3.39. The summed E-state index contributed by atoms with van der Waals surface area (Å²) in [6, 6.07) is 16.3. The minimum Gasteiger partial charge on any atom is -0.385 e. The first-order chi connectivity index (χ1) is 10.7. The zero-order valence-corrected chi connectivity index (χ0v) is 12.8. The van der Waals surface area contributed by atoms with Crippen molar-refractivity contribution in [3.8, 4) is 11.5 Å². The van der Waals surface area contributed by atoms with Crippen LogP contribution in [-0.2, 0) is 6.42 Å². The largest absolute Gasteiger partial charge is 0.385 e. The Kier molecular flexibility index (Phi) is 4.19. The monoisotopic (exact) mass is 293 g/mol. The Morgan fingerprint density at radius 2 is 1.73 bits per heavy atom. The first-order valence-electron chi connectivity index (χ1n) is 7.41. The second-order valence-corrected chi connectivity index (χ2v) is 5.43. The van der Waals surface area contributed by atoms with Crippen LogP contribution in [0.25, 0.3) is 11.5 Å². The van der Waals surface area contributed by atoms with Gasteiger partial charge in [-0.3, -0.25) is 0 Å². The zero-order chi connectivity index (χ0) is 15.4. The molecular formula is C18H19N3O. The molecule has 0 radical (unpaired) electrons. The van der Waals surface area contributed by atoms with Gasteiger partial charge in [-0.15, -0.1) is 0 Å². The van der Waals surface area contributed by atoms with E-state index in [0.29, 0.717) is 5.89 Å². The van der Waals surface area contributed by atoms with Gasteiger partial charge >= 0.3 is 0 Å². The van der Waals surface area contributed by atoms with Gasteiger partial charge in [0.1, 0.15) is 0 Å². The van der Waals surface area contributed by atoms with Gasteiger partial charge in [0.2, 0.25) is 0 Å². The summed E-state index contributed by atoms with van der Waals surface area (Å²) in [5, 5.41) is 7.43. The molecule has 112 valence electrons. The molecule has 0 saturated heterocycles. The lowest BCUT2D eigenvalue weighted by atomic mass is 10.1. The summed E-state index contributed by atoms with van der Waals surface area (Å²) < 4.78 is 5.30. The standard InChI is InChI=1S/C18H19N3O/c1-13-10-14(2)12-16(11-13)19-9-8-17-20-18(22-21-17)15-6-4-3-5-7-15/h3-7,10-12,19H,8-9H2,1-2H3. The Morgan fingerprint density at radius 3 is 2.45 bits per heavy atom. The molecule has 0 saturated carbocycles. The quantitative estimate of drug-likeness (QED) is 0.772. The first-order valence-corrected chi connectivity index (χ1v) is 7.41. The minimum absolute atomic E-state index is 0.571. The second-order valence-electron chi connectivity index (χ2n) is 5.43. The predicted octanol–water partition coefficient (Wildman–Crippen LogP) is 4.01. The van der Waals surface area contributed by atoms with Crippen molar-refractivity contribution in [2.24, 2.45) is 0 Å². The molecule has 0 unspecified atom stereocenters. The van der Waals surface area contributed by atoms with E-state index in [-0.39, 0.29) is 0 Å². The van der Waals surface area contributed by atoms with Crippen LogP contribution in [0.15, 0.2) is 53.1 Å². The molecule has 0 spiro atoms. The highest BCUT2D eigenvalue weighted by Crippen LogP contribution is 2.17. The average molecular weight is 293 g/mol. The van der Waals surface area contributed by atoms with Gasteiger partial charge in [0.15, 0.2) is 5.82 Å². The highest BCUT2D eigenvalue weighted by Gasteiger charge is 2.07. The molecule has 4 nitrogen and oxygen atoms in total. The summed E-state index contributed by atoms with van der Waals surface area (Å²) in [7, 11) is 0. The molecule has 0 aliphatic rings. The van der Waals surface area contributed by atoms with E-state index in [1.165, 1.54) is 11.1 Å². The number of hydrogen-bond acceptors (Lipinski definition) is 4. The van der Waals surface area contributed by atoms with Crippen LogP contribution in [0.2, 0.25) is 0 Å². The van der Waals surface area contributed by atoms with E-state index in [2.05, 4.69) is 47.5 Å². The van der Waals surface area contributed by atoms with Crippen LogP contribution >= 0.6 is 0 Å². The fraction of sp³-hybridized carbons (Fsp3) is 0.222. The average Bonchev–Trinajstić information content (AvgIpc) is 2.96. The molecule has 0 fully saturated rings. The van der Waals surface area contributed by atoms with Gasteiger partial charge in [0, 0.05) is 24.2 Å². The lowest BCUT2D eigenvalue weighted by Crippen LogP contribution is -2.06. The molecule has 0 bridgehead atoms. The number of rotatable bonds is 5. The third-order valence-electron chi connectivity index (χ3n) is 3.39. The fourth-order valence-corrected chi connectivity index (χ4v) is 2.45. The highest BCUT2D eigenvalue weighted by molar-refractivity contribution is 5.52. The Labute approximate surface area is 130 Å². The topological polar surface area (TPSA) is 51.0 Å². The second kappa shape index (κ2) is 6.43. The molecule has 2 aromatic carbocycles. The molecule has 1 N–H and O–H groups in total. The maximum Gasteiger partial charge on any atom is 0.257 e. The first kappa shape index (κ1) is 14.3. The smallest absolute Gasteiger partial charge is 0.257 e. The van der Waals surface area contributed by atoms with Gasteiger partial charge in [0.05, 0.1) is 0 Å². The predicted molar refractivity (Wildman–Crippen MR) is 87.8 cm³/mol. The minimum atomic E-state index is 0.571. The molecule has 0 atom stereocenters. The van der Waals surface area contributed by atoms with Gasteiger partial charge in [0.25, 0.3) is 5.89 Å². The molecule has 3 aromatic rings. The molecule has 1 aromatic heterocycles. The van der Waals surface area contributed by atoms with Crippen molar-refractivity contribution in [3.63, 3.8) is 0 Å². The van der Waals surface area contributed by atoms with Gasteiger partial charge < -0.3 is 9.84 Å². The van der Waals surface area contributed by atoms with Crippen LogP contribution in [-0.4, -0.2) is 16.7 Å². The number of nitrogens with one attached hydrogen (secondary N) is 1. The van der Waals surface area contributed by atoms with Crippen LogP contribution in [0.1, 0.15) is 17.0 Å². The van der Waals surface area contributed by atoms with Gasteiger partial charge in [-0.25, -0.2) is 0 Å². The number of aromatic nitrogens is 2. The fourth-order valence-electron chi connectivity index (χ4n) is 2.45. The summed E-state index contributed by atoms with van der Waals surface area (Å²) in [5.74, 6) is 1.29. The van der Waals surface area contributed by atoms with Crippen molar-refractivity contribution in [1.29, 1.82) is 0 Å². The molecular weight excluding hydrogens is 274 g/mol. The van der Waals surface area contributed by atoms with E-state index in [9.17, 15) is 0 Å². The summed E-state index contributed by atoms with van der Waals surface area (Å²) >= 11 is 0. The zero-order valence-electron chi connectivity index (χ0n) is 12.8. The van der Waals surface area contributed by atoms with Gasteiger partial charge in [-0.05, 0) is 49.2 Å².